The van der Waals surface area contributed by atoms with Gasteiger partial charge in [0.25, 0.3) is 0 Å². The first-order valence-corrected chi connectivity index (χ1v) is 6.19. The van der Waals surface area contributed by atoms with Crippen LogP contribution in [0.5, 0.6) is 0 Å². The lowest BCUT2D eigenvalue weighted by molar-refractivity contribution is -0.384. The van der Waals surface area contributed by atoms with Gasteiger partial charge < -0.3 is 15.8 Å². The summed E-state index contributed by atoms with van der Waals surface area (Å²) in [6.45, 7) is 5.25. The summed E-state index contributed by atoms with van der Waals surface area (Å²) < 4.78 is 5.03. The summed E-state index contributed by atoms with van der Waals surface area (Å²) in [5, 5.41) is 13.3. The molecule has 0 bridgehead atoms. The van der Waals surface area contributed by atoms with Gasteiger partial charge in [-0.2, -0.15) is 0 Å². The van der Waals surface area contributed by atoms with Crippen LogP contribution in [0.2, 0.25) is 0 Å². The molecule has 1 aromatic carbocycles. The maximum absolute atomic E-state index is 11.4. The molecule has 0 aliphatic heterocycles. The van der Waals surface area contributed by atoms with Crippen molar-refractivity contribution in [3.8, 4) is 11.8 Å². The second-order valence-electron chi connectivity index (χ2n) is 5.16. The highest BCUT2D eigenvalue weighted by atomic mass is 16.6. The first-order valence-electron chi connectivity index (χ1n) is 6.19. The number of nitro groups is 1. The summed E-state index contributed by atoms with van der Waals surface area (Å²) >= 11 is 0. The summed E-state index contributed by atoms with van der Waals surface area (Å²) in [5.41, 5.74) is 4.97. The first kappa shape index (κ1) is 16.3. The van der Waals surface area contributed by atoms with Crippen LogP contribution in [0.1, 0.15) is 26.3 Å². The molecule has 21 heavy (non-hydrogen) atoms. The van der Waals surface area contributed by atoms with Crippen LogP contribution >= 0.6 is 0 Å². The maximum Gasteiger partial charge on any atom is 0.408 e. The number of nitrogens with zero attached hydrogens (tertiary/aromatic N) is 1. The zero-order valence-electron chi connectivity index (χ0n) is 12.1. The fourth-order valence-electron chi connectivity index (χ4n) is 1.44. The van der Waals surface area contributed by atoms with E-state index in [9.17, 15) is 14.9 Å². The Bertz CT molecular complexity index is 609. The van der Waals surface area contributed by atoms with Crippen LogP contribution in [0.15, 0.2) is 18.2 Å². The summed E-state index contributed by atoms with van der Waals surface area (Å²) in [4.78, 5) is 21.7. The SMILES string of the molecule is CC(C)(C)OC(=O)NCC#Cc1cccc(N)c1[N+](=O)[O-]. The molecule has 3 N–H and O–H groups in total. The van der Waals surface area contributed by atoms with Crippen LogP contribution in [0.3, 0.4) is 0 Å². The van der Waals surface area contributed by atoms with E-state index in [0.29, 0.717) is 0 Å². The standard InChI is InChI=1S/C14H17N3O4/c1-14(2,3)21-13(18)16-9-5-7-10-6-4-8-11(15)12(10)17(19)20/h4,6,8H,9,15H2,1-3H3,(H,16,18). The number of hydrogen-bond donors (Lipinski definition) is 2. The maximum atomic E-state index is 11.4. The number of nitrogens with one attached hydrogen (secondary N) is 1. The summed E-state index contributed by atoms with van der Waals surface area (Å²) in [6.07, 6.45) is -0.598. The number of carbonyl (C=O) groups excluding carboxylic acids is 1. The number of anilines is 1. The van der Waals surface area contributed by atoms with E-state index >= 15 is 0 Å². The fourth-order valence-corrected chi connectivity index (χ4v) is 1.44. The van der Waals surface area contributed by atoms with E-state index in [2.05, 4.69) is 17.2 Å². The van der Waals surface area contributed by atoms with Gasteiger partial charge >= 0.3 is 11.8 Å². The molecular weight excluding hydrogens is 274 g/mol. The zero-order valence-corrected chi connectivity index (χ0v) is 12.1. The van der Waals surface area contributed by atoms with E-state index < -0.39 is 16.6 Å². The van der Waals surface area contributed by atoms with E-state index in [0.717, 1.165) is 0 Å². The van der Waals surface area contributed by atoms with Crippen molar-refractivity contribution in [2.45, 2.75) is 26.4 Å². The Labute approximate surface area is 122 Å². The number of para-hydroxylation sites is 1. The molecule has 0 atom stereocenters. The predicted molar refractivity (Wildman–Crippen MR) is 78.6 cm³/mol. The fraction of sp³-hybridized carbons (Fsp3) is 0.357. The lowest BCUT2D eigenvalue weighted by Crippen LogP contribution is -2.32. The molecule has 0 saturated heterocycles. The van der Waals surface area contributed by atoms with Gasteiger partial charge in [0.1, 0.15) is 16.9 Å². The van der Waals surface area contributed by atoms with Crippen LogP contribution in [-0.2, 0) is 4.74 Å². The van der Waals surface area contributed by atoms with E-state index in [4.69, 9.17) is 10.5 Å². The molecule has 0 aliphatic rings. The highest BCUT2D eigenvalue weighted by Gasteiger charge is 2.16. The van der Waals surface area contributed by atoms with Crippen molar-refractivity contribution < 1.29 is 14.5 Å². The average molecular weight is 291 g/mol. The molecule has 0 aliphatic carbocycles. The van der Waals surface area contributed by atoms with Gasteiger partial charge in [-0.15, -0.1) is 0 Å². The largest absolute Gasteiger partial charge is 0.444 e. The third-order valence-electron chi connectivity index (χ3n) is 2.19. The molecule has 112 valence electrons. The van der Waals surface area contributed by atoms with Crippen molar-refractivity contribution in [3.63, 3.8) is 0 Å². The van der Waals surface area contributed by atoms with Crippen molar-refractivity contribution in [1.29, 1.82) is 0 Å². The normalized spacial score (nSPS) is 10.2. The predicted octanol–water partition coefficient (Wildman–Crippen LogP) is 2.05. The van der Waals surface area contributed by atoms with Gasteiger partial charge in [0, 0.05) is 0 Å². The minimum Gasteiger partial charge on any atom is -0.444 e. The topological polar surface area (TPSA) is 107 Å². The van der Waals surface area contributed by atoms with Crippen molar-refractivity contribution in [2.24, 2.45) is 0 Å². The summed E-state index contributed by atoms with van der Waals surface area (Å²) in [6, 6.07) is 4.50. The molecule has 1 rings (SSSR count). The van der Waals surface area contributed by atoms with Gasteiger partial charge in [-0.3, -0.25) is 10.1 Å². The van der Waals surface area contributed by atoms with Crippen molar-refractivity contribution in [1.82, 2.24) is 5.32 Å². The number of carbonyl (C=O) groups is 1. The van der Waals surface area contributed by atoms with Crippen molar-refractivity contribution in [2.75, 3.05) is 12.3 Å². The van der Waals surface area contributed by atoms with Gasteiger partial charge in [-0.1, -0.05) is 17.9 Å². The Morgan fingerprint density at radius 3 is 2.71 bits per heavy atom. The molecule has 0 spiro atoms. The zero-order chi connectivity index (χ0) is 16.0. The van der Waals surface area contributed by atoms with Crippen LogP contribution in [0, 0.1) is 22.0 Å². The lowest BCUT2D eigenvalue weighted by Gasteiger charge is -2.18. The Hall–Kier alpha value is -2.75. The number of nitro benzene ring substituents is 1. The van der Waals surface area contributed by atoms with Gasteiger partial charge in [-0.05, 0) is 32.9 Å². The second kappa shape index (κ2) is 6.61. The van der Waals surface area contributed by atoms with E-state index in [-0.39, 0.29) is 23.5 Å². The molecule has 1 amide bonds. The second-order valence-corrected chi connectivity index (χ2v) is 5.16. The molecule has 0 heterocycles. The minimum absolute atomic E-state index is 0.0147. The molecule has 0 unspecified atom stereocenters. The highest BCUT2D eigenvalue weighted by molar-refractivity contribution is 5.69. The Morgan fingerprint density at radius 2 is 2.14 bits per heavy atom. The third-order valence-corrected chi connectivity index (χ3v) is 2.19. The average Bonchev–Trinajstić information content (AvgIpc) is 2.32. The number of nitrogens with two attached hydrogens (primary N) is 1. The Balaban J connectivity index is 2.71. The van der Waals surface area contributed by atoms with Crippen LogP contribution in [0.4, 0.5) is 16.2 Å². The van der Waals surface area contributed by atoms with E-state index in [1.807, 2.05) is 0 Å². The highest BCUT2D eigenvalue weighted by Crippen LogP contribution is 2.24. The van der Waals surface area contributed by atoms with Gasteiger partial charge in [0.05, 0.1) is 11.5 Å². The molecule has 1 aromatic rings. The molecule has 7 heteroatoms. The van der Waals surface area contributed by atoms with Gasteiger partial charge in [0.2, 0.25) is 0 Å². The molecule has 7 nitrogen and oxygen atoms in total. The van der Waals surface area contributed by atoms with Gasteiger partial charge in [0.15, 0.2) is 0 Å². The summed E-state index contributed by atoms with van der Waals surface area (Å²) in [5.74, 6) is 5.23. The molecule has 0 aromatic heterocycles. The van der Waals surface area contributed by atoms with Crippen molar-refractivity contribution >= 4 is 17.5 Å². The van der Waals surface area contributed by atoms with Gasteiger partial charge in [-0.25, -0.2) is 4.79 Å². The van der Waals surface area contributed by atoms with Crippen LogP contribution in [0.25, 0.3) is 0 Å². The summed E-state index contributed by atoms with van der Waals surface area (Å²) in [7, 11) is 0. The minimum atomic E-state index is -0.598. The number of nitrogen functional groups attached to an aromatic ring is 1. The number of alkyl carbamates (subject to hydrolysis) is 1. The van der Waals surface area contributed by atoms with Crippen molar-refractivity contribution in [3.05, 3.63) is 33.9 Å². The smallest absolute Gasteiger partial charge is 0.408 e. The monoisotopic (exact) mass is 291 g/mol. The van der Waals surface area contributed by atoms with E-state index in [1.54, 1.807) is 26.8 Å². The third kappa shape index (κ3) is 5.40. The molecule has 0 saturated carbocycles. The Kier molecular flexibility index (Phi) is 5.13. The molecule has 0 fully saturated rings. The van der Waals surface area contributed by atoms with E-state index in [1.165, 1.54) is 12.1 Å². The number of benzene rings is 1. The van der Waals surface area contributed by atoms with Crippen LogP contribution in [-0.4, -0.2) is 23.2 Å². The molecule has 0 radical (unpaired) electrons. The number of hydrogen-bond acceptors (Lipinski definition) is 5. The first-order chi connectivity index (χ1) is 9.70. The Morgan fingerprint density at radius 1 is 1.48 bits per heavy atom. The molecular formula is C14H17N3O4. The lowest BCUT2D eigenvalue weighted by atomic mass is 10.1. The number of rotatable bonds is 2. The van der Waals surface area contributed by atoms with Crippen LogP contribution < -0.4 is 11.1 Å². The quantitative estimate of drug-likeness (QED) is 0.375. The number of amides is 1. The number of ether oxygens (including phenoxy) is 1.